The Morgan fingerprint density at radius 3 is 2.86 bits per heavy atom. The molecule has 0 bridgehead atoms. The third kappa shape index (κ3) is 4.77. The minimum atomic E-state index is -0.745. The van der Waals surface area contributed by atoms with Crippen LogP contribution in [-0.4, -0.2) is 36.0 Å². The van der Waals surface area contributed by atoms with E-state index < -0.39 is 5.60 Å². The molecular formula is C17H24N2O2. The fourth-order valence-electron chi connectivity index (χ4n) is 2.27. The molecule has 1 atom stereocenters. The van der Waals surface area contributed by atoms with Gasteiger partial charge in [-0.1, -0.05) is 12.1 Å². The van der Waals surface area contributed by atoms with Crippen LogP contribution in [0.1, 0.15) is 24.6 Å². The molecule has 2 rings (SSSR count). The Balaban J connectivity index is 1.93. The SMILES string of the molecule is COCCC(C)(O)CNCc1ccc2nc(C)ccc2c1. The van der Waals surface area contributed by atoms with Gasteiger partial charge in [0.25, 0.3) is 0 Å². The van der Waals surface area contributed by atoms with Crippen LogP contribution >= 0.6 is 0 Å². The van der Waals surface area contributed by atoms with Gasteiger partial charge in [0.15, 0.2) is 0 Å². The first kappa shape index (κ1) is 15.9. The van der Waals surface area contributed by atoms with Crippen molar-refractivity contribution >= 4 is 10.9 Å². The van der Waals surface area contributed by atoms with E-state index in [9.17, 15) is 5.11 Å². The molecular weight excluding hydrogens is 264 g/mol. The van der Waals surface area contributed by atoms with E-state index in [2.05, 4.69) is 28.5 Å². The number of rotatable bonds is 7. The summed E-state index contributed by atoms with van der Waals surface area (Å²) in [5.41, 5.74) is 2.50. The summed E-state index contributed by atoms with van der Waals surface area (Å²) in [5, 5.41) is 14.6. The number of aryl methyl sites for hydroxylation is 1. The van der Waals surface area contributed by atoms with Gasteiger partial charge in [0.2, 0.25) is 0 Å². The molecule has 0 radical (unpaired) electrons. The number of nitrogens with zero attached hydrogens (tertiary/aromatic N) is 1. The monoisotopic (exact) mass is 288 g/mol. The van der Waals surface area contributed by atoms with Gasteiger partial charge >= 0.3 is 0 Å². The summed E-state index contributed by atoms with van der Waals surface area (Å²) in [7, 11) is 1.65. The van der Waals surface area contributed by atoms with Gasteiger partial charge in [-0.05, 0) is 37.6 Å². The zero-order chi connectivity index (χ0) is 15.3. The molecule has 4 heteroatoms. The second-order valence-corrected chi connectivity index (χ2v) is 5.82. The Labute approximate surface area is 126 Å². The minimum Gasteiger partial charge on any atom is -0.389 e. The molecule has 0 fully saturated rings. The molecule has 2 N–H and O–H groups in total. The molecule has 0 saturated heterocycles. The van der Waals surface area contributed by atoms with Crippen LogP contribution in [0, 0.1) is 6.92 Å². The zero-order valence-corrected chi connectivity index (χ0v) is 13.0. The van der Waals surface area contributed by atoms with Crippen molar-refractivity contribution in [2.75, 3.05) is 20.3 Å². The molecule has 114 valence electrons. The molecule has 1 heterocycles. The second kappa shape index (κ2) is 6.98. The first-order chi connectivity index (χ1) is 10.00. The maximum absolute atomic E-state index is 10.2. The molecule has 1 aromatic carbocycles. The Bertz CT molecular complexity index is 596. The quantitative estimate of drug-likeness (QED) is 0.821. The van der Waals surface area contributed by atoms with E-state index in [1.165, 1.54) is 5.56 Å². The third-order valence-electron chi connectivity index (χ3n) is 3.57. The van der Waals surface area contributed by atoms with Crippen molar-refractivity contribution in [1.29, 1.82) is 0 Å². The molecule has 0 saturated carbocycles. The van der Waals surface area contributed by atoms with Crippen molar-refractivity contribution in [1.82, 2.24) is 10.3 Å². The number of benzene rings is 1. The summed E-state index contributed by atoms with van der Waals surface area (Å²) in [5.74, 6) is 0. The Morgan fingerprint density at radius 2 is 2.10 bits per heavy atom. The number of fused-ring (bicyclic) bond motifs is 1. The van der Waals surface area contributed by atoms with Crippen molar-refractivity contribution in [3.63, 3.8) is 0 Å². The van der Waals surface area contributed by atoms with Crippen molar-refractivity contribution in [3.8, 4) is 0 Å². The Hall–Kier alpha value is -1.49. The fraction of sp³-hybridized carbons (Fsp3) is 0.471. The maximum atomic E-state index is 10.2. The summed E-state index contributed by atoms with van der Waals surface area (Å²) in [4.78, 5) is 4.50. The van der Waals surface area contributed by atoms with Crippen LogP contribution in [-0.2, 0) is 11.3 Å². The normalized spacial score (nSPS) is 14.3. The van der Waals surface area contributed by atoms with Crippen molar-refractivity contribution in [3.05, 3.63) is 41.6 Å². The van der Waals surface area contributed by atoms with Crippen LogP contribution in [0.4, 0.5) is 0 Å². The van der Waals surface area contributed by atoms with Gasteiger partial charge in [-0.25, -0.2) is 0 Å². The number of pyridine rings is 1. The van der Waals surface area contributed by atoms with E-state index in [1.54, 1.807) is 7.11 Å². The highest BCUT2D eigenvalue weighted by atomic mass is 16.5. The van der Waals surface area contributed by atoms with Gasteiger partial charge in [-0.3, -0.25) is 4.98 Å². The number of aliphatic hydroxyl groups is 1. The summed E-state index contributed by atoms with van der Waals surface area (Å²) in [6, 6.07) is 10.4. The predicted octanol–water partition coefficient (Wildman–Crippen LogP) is 2.42. The van der Waals surface area contributed by atoms with E-state index in [0.29, 0.717) is 19.6 Å². The average Bonchev–Trinajstić information content (AvgIpc) is 2.45. The average molecular weight is 288 g/mol. The summed E-state index contributed by atoms with van der Waals surface area (Å²) < 4.78 is 5.01. The molecule has 0 aliphatic heterocycles. The number of nitrogens with one attached hydrogen (secondary N) is 1. The zero-order valence-electron chi connectivity index (χ0n) is 13.0. The highest BCUT2D eigenvalue weighted by Crippen LogP contribution is 2.15. The van der Waals surface area contributed by atoms with E-state index in [0.717, 1.165) is 23.1 Å². The predicted molar refractivity (Wildman–Crippen MR) is 85.3 cm³/mol. The molecule has 21 heavy (non-hydrogen) atoms. The molecule has 0 aliphatic rings. The van der Waals surface area contributed by atoms with Gasteiger partial charge in [0.1, 0.15) is 0 Å². The summed E-state index contributed by atoms with van der Waals surface area (Å²) >= 11 is 0. The molecule has 2 aromatic rings. The third-order valence-corrected chi connectivity index (χ3v) is 3.57. The topological polar surface area (TPSA) is 54.4 Å². The summed E-state index contributed by atoms with van der Waals surface area (Å²) in [6.45, 7) is 5.66. The number of ether oxygens (including phenoxy) is 1. The van der Waals surface area contributed by atoms with Crippen LogP contribution in [0.15, 0.2) is 30.3 Å². The standard InChI is InChI=1S/C17H24N2O2/c1-13-4-6-15-10-14(5-7-16(15)19-13)11-18-12-17(2,20)8-9-21-3/h4-7,10,18,20H,8-9,11-12H2,1-3H3. The first-order valence-corrected chi connectivity index (χ1v) is 7.28. The lowest BCUT2D eigenvalue weighted by atomic mass is 10.0. The number of methoxy groups -OCH3 is 1. The van der Waals surface area contributed by atoms with E-state index in [4.69, 9.17) is 4.74 Å². The highest BCUT2D eigenvalue weighted by Gasteiger charge is 2.19. The minimum absolute atomic E-state index is 0.542. The Morgan fingerprint density at radius 1 is 1.29 bits per heavy atom. The summed E-state index contributed by atoms with van der Waals surface area (Å²) in [6.07, 6.45) is 0.622. The molecule has 1 aromatic heterocycles. The maximum Gasteiger partial charge on any atom is 0.0765 e. The lowest BCUT2D eigenvalue weighted by molar-refractivity contribution is 0.0247. The highest BCUT2D eigenvalue weighted by molar-refractivity contribution is 5.79. The van der Waals surface area contributed by atoms with Crippen LogP contribution in [0.3, 0.4) is 0 Å². The molecule has 1 unspecified atom stereocenters. The van der Waals surface area contributed by atoms with E-state index in [1.807, 2.05) is 26.0 Å². The van der Waals surface area contributed by atoms with Gasteiger partial charge < -0.3 is 15.2 Å². The van der Waals surface area contributed by atoms with E-state index in [-0.39, 0.29) is 0 Å². The second-order valence-electron chi connectivity index (χ2n) is 5.82. The fourth-order valence-corrected chi connectivity index (χ4v) is 2.27. The smallest absolute Gasteiger partial charge is 0.0765 e. The van der Waals surface area contributed by atoms with Crippen LogP contribution in [0.25, 0.3) is 10.9 Å². The number of hydrogen-bond acceptors (Lipinski definition) is 4. The molecule has 0 aliphatic carbocycles. The Kier molecular flexibility index (Phi) is 5.28. The van der Waals surface area contributed by atoms with Crippen LogP contribution in [0.2, 0.25) is 0 Å². The van der Waals surface area contributed by atoms with Crippen LogP contribution in [0.5, 0.6) is 0 Å². The van der Waals surface area contributed by atoms with Crippen molar-refractivity contribution < 1.29 is 9.84 Å². The lowest BCUT2D eigenvalue weighted by Gasteiger charge is -2.23. The molecule has 0 amide bonds. The largest absolute Gasteiger partial charge is 0.389 e. The first-order valence-electron chi connectivity index (χ1n) is 7.28. The van der Waals surface area contributed by atoms with Crippen molar-refractivity contribution in [2.24, 2.45) is 0 Å². The molecule has 4 nitrogen and oxygen atoms in total. The van der Waals surface area contributed by atoms with Gasteiger partial charge in [-0.2, -0.15) is 0 Å². The number of aromatic nitrogens is 1. The lowest BCUT2D eigenvalue weighted by Crippen LogP contribution is -2.38. The van der Waals surface area contributed by atoms with Gasteiger partial charge in [0, 0.05) is 44.3 Å². The van der Waals surface area contributed by atoms with Crippen LogP contribution < -0.4 is 5.32 Å². The van der Waals surface area contributed by atoms with Crippen molar-refractivity contribution in [2.45, 2.75) is 32.4 Å². The van der Waals surface area contributed by atoms with E-state index >= 15 is 0 Å². The van der Waals surface area contributed by atoms with Gasteiger partial charge in [0.05, 0.1) is 11.1 Å². The molecule has 0 spiro atoms. The number of hydrogen-bond donors (Lipinski definition) is 2. The van der Waals surface area contributed by atoms with Gasteiger partial charge in [-0.15, -0.1) is 0 Å².